The van der Waals surface area contributed by atoms with Gasteiger partial charge in [-0.05, 0) is 49.2 Å². The molecule has 5 nitrogen and oxygen atoms in total. The van der Waals surface area contributed by atoms with Crippen LogP contribution in [0, 0.1) is 0 Å². The second kappa shape index (κ2) is 6.74. The SMILES string of the molecule is CN1CCC(Oc2cnc3ccc(C4=CCc5ncccc54)cc3n2)CC1. The molecule has 5 heteroatoms. The average molecular weight is 358 g/mol. The standard InChI is InChI=1S/C22H22N4O/c1-26-11-8-16(9-12-26)27-22-14-24-20-6-4-15(13-21(20)25-22)17-5-7-19-18(17)3-2-10-23-19/h2-6,10,13-14,16H,7-9,11-12H2,1H3. The molecule has 0 atom stereocenters. The highest BCUT2D eigenvalue weighted by Crippen LogP contribution is 2.32. The van der Waals surface area contributed by atoms with E-state index < -0.39 is 0 Å². The molecule has 2 aliphatic rings. The summed E-state index contributed by atoms with van der Waals surface area (Å²) in [6, 6.07) is 10.4. The van der Waals surface area contributed by atoms with Crippen LogP contribution in [0.1, 0.15) is 29.7 Å². The minimum atomic E-state index is 0.228. The number of pyridine rings is 1. The molecule has 0 bridgehead atoms. The van der Waals surface area contributed by atoms with Gasteiger partial charge in [0.25, 0.3) is 0 Å². The maximum absolute atomic E-state index is 6.11. The van der Waals surface area contributed by atoms with Crippen molar-refractivity contribution >= 4 is 16.6 Å². The molecule has 3 aromatic rings. The van der Waals surface area contributed by atoms with E-state index in [2.05, 4.69) is 46.2 Å². The maximum atomic E-state index is 6.11. The fraction of sp³-hybridized carbons (Fsp3) is 0.318. The summed E-state index contributed by atoms with van der Waals surface area (Å²) in [7, 11) is 2.15. The van der Waals surface area contributed by atoms with E-state index in [9.17, 15) is 0 Å². The number of likely N-dealkylation sites (tertiary alicyclic amines) is 1. The number of hydrogen-bond acceptors (Lipinski definition) is 5. The van der Waals surface area contributed by atoms with Crippen molar-refractivity contribution in [3.63, 3.8) is 0 Å². The van der Waals surface area contributed by atoms with E-state index in [1.165, 1.54) is 11.1 Å². The van der Waals surface area contributed by atoms with Gasteiger partial charge in [0.1, 0.15) is 6.10 Å². The van der Waals surface area contributed by atoms with E-state index in [0.29, 0.717) is 5.88 Å². The predicted octanol–water partition coefficient (Wildman–Crippen LogP) is 3.49. The zero-order chi connectivity index (χ0) is 18.2. The number of aromatic nitrogens is 3. The molecule has 1 fully saturated rings. The quantitative estimate of drug-likeness (QED) is 0.717. The number of ether oxygens (including phenoxy) is 1. The molecule has 0 spiro atoms. The minimum Gasteiger partial charge on any atom is -0.473 e. The van der Waals surface area contributed by atoms with Crippen molar-refractivity contribution < 1.29 is 4.74 Å². The number of hydrogen-bond donors (Lipinski definition) is 0. The Morgan fingerprint density at radius 1 is 1.07 bits per heavy atom. The van der Waals surface area contributed by atoms with Crippen LogP contribution in [0.5, 0.6) is 5.88 Å². The second-order valence-corrected chi connectivity index (χ2v) is 7.35. The van der Waals surface area contributed by atoms with Gasteiger partial charge in [-0.25, -0.2) is 9.97 Å². The zero-order valence-electron chi connectivity index (χ0n) is 15.4. The summed E-state index contributed by atoms with van der Waals surface area (Å²) in [6.45, 7) is 2.13. The predicted molar refractivity (Wildman–Crippen MR) is 106 cm³/mol. The van der Waals surface area contributed by atoms with Crippen LogP contribution in [0.3, 0.4) is 0 Å². The molecule has 0 saturated carbocycles. The third-order valence-electron chi connectivity index (χ3n) is 5.46. The highest BCUT2D eigenvalue weighted by Gasteiger charge is 2.19. The molecule has 3 heterocycles. The third-order valence-corrected chi connectivity index (χ3v) is 5.46. The van der Waals surface area contributed by atoms with Crippen molar-refractivity contribution in [3.8, 4) is 5.88 Å². The summed E-state index contributed by atoms with van der Waals surface area (Å²) < 4.78 is 6.11. The molecule has 27 heavy (non-hydrogen) atoms. The maximum Gasteiger partial charge on any atom is 0.233 e. The Hall–Kier alpha value is -2.79. The fourth-order valence-electron chi connectivity index (χ4n) is 3.92. The lowest BCUT2D eigenvalue weighted by molar-refractivity contribution is 0.110. The van der Waals surface area contributed by atoms with Crippen LogP contribution < -0.4 is 4.74 Å². The van der Waals surface area contributed by atoms with Crippen molar-refractivity contribution in [1.82, 2.24) is 19.9 Å². The van der Waals surface area contributed by atoms with Gasteiger partial charge in [-0.3, -0.25) is 4.98 Å². The molecule has 136 valence electrons. The average Bonchev–Trinajstić information content (AvgIpc) is 3.13. The number of benzene rings is 1. The van der Waals surface area contributed by atoms with Gasteiger partial charge in [0.15, 0.2) is 0 Å². The summed E-state index contributed by atoms with van der Waals surface area (Å²) in [5.41, 5.74) is 6.49. The van der Waals surface area contributed by atoms with Crippen LogP contribution in [0.25, 0.3) is 16.6 Å². The van der Waals surface area contributed by atoms with E-state index in [0.717, 1.165) is 54.6 Å². The highest BCUT2D eigenvalue weighted by atomic mass is 16.5. The normalized spacial score (nSPS) is 17.7. The summed E-state index contributed by atoms with van der Waals surface area (Å²) in [4.78, 5) is 16.1. The lowest BCUT2D eigenvalue weighted by atomic mass is 10.0. The van der Waals surface area contributed by atoms with Crippen LogP contribution in [0.2, 0.25) is 0 Å². The molecule has 0 radical (unpaired) electrons. The zero-order valence-corrected chi connectivity index (χ0v) is 15.4. The molecular formula is C22H22N4O. The van der Waals surface area contributed by atoms with E-state index in [-0.39, 0.29) is 6.10 Å². The Kier molecular flexibility index (Phi) is 4.09. The number of allylic oxidation sites excluding steroid dienone is 1. The molecule has 0 N–H and O–H groups in total. The monoisotopic (exact) mass is 358 g/mol. The van der Waals surface area contributed by atoms with Crippen molar-refractivity contribution in [2.75, 3.05) is 20.1 Å². The van der Waals surface area contributed by atoms with Gasteiger partial charge >= 0.3 is 0 Å². The highest BCUT2D eigenvalue weighted by molar-refractivity contribution is 5.88. The summed E-state index contributed by atoms with van der Waals surface area (Å²) >= 11 is 0. The van der Waals surface area contributed by atoms with Crippen molar-refractivity contribution in [2.24, 2.45) is 0 Å². The Labute approximate surface area is 158 Å². The molecule has 1 aromatic carbocycles. The lowest BCUT2D eigenvalue weighted by Crippen LogP contribution is -2.35. The van der Waals surface area contributed by atoms with Gasteiger partial charge in [-0.2, -0.15) is 0 Å². The lowest BCUT2D eigenvalue weighted by Gasteiger charge is -2.28. The summed E-state index contributed by atoms with van der Waals surface area (Å²) in [5, 5.41) is 0. The van der Waals surface area contributed by atoms with E-state index in [1.807, 2.05) is 18.3 Å². The first-order valence-electron chi connectivity index (χ1n) is 9.53. The van der Waals surface area contributed by atoms with Crippen molar-refractivity contribution in [1.29, 1.82) is 0 Å². The Balaban J connectivity index is 1.43. The summed E-state index contributed by atoms with van der Waals surface area (Å²) in [5.74, 6) is 0.622. The molecule has 1 aliphatic carbocycles. The van der Waals surface area contributed by atoms with Crippen molar-refractivity contribution in [3.05, 3.63) is 65.6 Å². The molecule has 1 aliphatic heterocycles. The Morgan fingerprint density at radius 3 is 2.85 bits per heavy atom. The third kappa shape index (κ3) is 3.19. The van der Waals surface area contributed by atoms with Crippen LogP contribution >= 0.6 is 0 Å². The van der Waals surface area contributed by atoms with Crippen LogP contribution in [-0.2, 0) is 6.42 Å². The molecule has 1 saturated heterocycles. The fourth-order valence-corrected chi connectivity index (χ4v) is 3.92. The molecule has 0 unspecified atom stereocenters. The van der Waals surface area contributed by atoms with E-state index in [1.54, 1.807) is 6.20 Å². The first-order chi connectivity index (χ1) is 13.3. The smallest absolute Gasteiger partial charge is 0.233 e. The topological polar surface area (TPSA) is 51.1 Å². The van der Waals surface area contributed by atoms with Crippen molar-refractivity contribution in [2.45, 2.75) is 25.4 Å². The Morgan fingerprint density at radius 2 is 1.96 bits per heavy atom. The van der Waals surface area contributed by atoms with Gasteiger partial charge in [0, 0.05) is 31.3 Å². The van der Waals surface area contributed by atoms with Gasteiger partial charge in [-0.1, -0.05) is 18.2 Å². The number of fused-ring (bicyclic) bond motifs is 2. The van der Waals surface area contributed by atoms with Gasteiger partial charge in [-0.15, -0.1) is 0 Å². The first kappa shape index (κ1) is 16.4. The largest absolute Gasteiger partial charge is 0.473 e. The first-order valence-corrected chi connectivity index (χ1v) is 9.53. The molecule has 2 aromatic heterocycles. The number of rotatable bonds is 3. The number of nitrogens with zero attached hydrogens (tertiary/aromatic N) is 4. The molecular weight excluding hydrogens is 336 g/mol. The van der Waals surface area contributed by atoms with Crippen LogP contribution in [-0.4, -0.2) is 46.1 Å². The Bertz CT molecular complexity index is 1020. The van der Waals surface area contributed by atoms with Gasteiger partial charge in [0.05, 0.1) is 22.9 Å². The number of piperidine rings is 1. The van der Waals surface area contributed by atoms with E-state index >= 15 is 0 Å². The molecule has 0 amide bonds. The van der Waals surface area contributed by atoms with Crippen LogP contribution in [0.4, 0.5) is 0 Å². The van der Waals surface area contributed by atoms with Gasteiger partial charge in [0.2, 0.25) is 5.88 Å². The van der Waals surface area contributed by atoms with Gasteiger partial charge < -0.3 is 9.64 Å². The second-order valence-electron chi connectivity index (χ2n) is 7.35. The minimum absolute atomic E-state index is 0.228. The van der Waals surface area contributed by atoms with E-state index in [4.69, 9.17) is 9.72 Å². The molecule has 5 rings (SSSR count). The van der Waals surface area contributed by atoms with Crippen LogP contribution in [0.15, 0.2) is 48.8 Å². The summed E-state index contributed by atoms with van der Waals surface area (Å²) in [6.07, 6.45) is 9.02.